The van der Waals surface area contributed by atoms with Crippen LogP contribution in [0.15, 0.2) is 18.5 Å². The van der Waals surface area contributed by atoms with Gasteiger partial charge < -0.3 is 10.4 Å². The van der Waals surface area contributed by atoms with Gasteiger partial charge in [0, 0.05) is 12.4 Å². The average molecular weight is 239 g/mol. The lowest BCUT2D eigenvalue weighted by atomic mass is 9.96. The normalized spacial score (nSPS) is 14.0. The lowest BCUT2D eigenvalue weighted by Crippen LogP contribution is -2.52. The van der Waals surface area contributed by atoms with Crippen molar-refractivity contribution in [2.75, 3.05) is 0 Å². The Bertz CT molecular complexity index is 389. The number of aromatic nitrogens is 2. The van der Waals surface area contributed by atoms with Gasteiger partial charge in [-0.15, -0.1) is 0 Å². The van der Waals surface area contributed by atoms with Gasteiger partial charge >= 0.3 is 5.97 Å². The van der Waals surface area contributed by atoms with E-state index in [9.17, 15) is 9.59 Å². The maximum Gasteiger partial charge on any atom is 0.329 e. The molecule has 0 spiro atoms. The number of carboxylic acid groups (broad SMARTS) is 1. The third-order valence-electron chi connectivity index (χ3n) is 2.50. The molecule has 1 heterocycles. The van der Waals surface area contributed by atoms with E-state index in [4.69, 9.17) is 5.11 Å². The van der Waals surface area contributed by atoms with Gasteiger partial charge in [-0.25, -0.2) is 4.79 Å². The van der Waals surface area contributed by atoms with Crippen LogP contribution in [0.25, 0.3) is 0 Å². The molecule has 6 nitrogen and oxygen atoms in total. The lowest BCUT2D eigenvalue weighted by molar-refractivity contribution is -0.147. The Morgan fingerprint density at radius 1 is 1.53 bits per heavy atom. The molecule has 94 valence electrons. The van der Waals surface area contributed by atoms with Crippen molar-refractivity contribution in [3.63, 3.8) is 0 Å². The Morgan fingerprint density at radius 2 is 2.24 bits per heavy atom. The number of nitrogens with zero attached hydrogens (tertiary/aromatic N) is 2. The van der Waals surface area contributed by atoms with Crippen molar-refractivity contribution in [1.29, 1.82) is 0 Å². The third kappa shape index (κ3) is 3.58. The molecular weight excluding hydrogens is 222 g/mol. The van der Waals surface area contributed by atoms with E-state index in [1.807, 2.05) is 6.92 Å². The van der Waals surface area contributed by atoms with Crippen LogP contribution in [-0.4, -0.2) is 32.3 Å². The summed E-state index contributed by atoms with van der Waals surface area (Å²) in [5.41, 5.74) is -1.21. The number of carbonyl (C=O) groups is 2. The van der Waals surface area contributed by atoms with E-state index >= 15 is 0 Å². The summed E-state index contributed by atoms with van der Waals surface area (Å²) in [7, 11) is 0. The summed E-state index contributed by atoms with van der Waals surface area (Å²) in [6, 6.07) is 1.70. The molecule has 0 saturated carbocycles. The standard InChI is InChI=1S/C11H17N3O3/c1-3-5-11(2,10(16)17)13-9(15)8-14-7-4-6-12-14/h4,6-7H,3,5,8H2,1-2H3,(H,13,15)(H,16,17). The number of aliphatic carboxylic acids is 1. The van der Waals surface area contributed by atoms with Crippen LogP contribution in [0.4, 0.5) is 0 Å². The quantitative estimate of drug-likeness (QED) is 0.763. The molecule has 0 saturated heterocycles. The van der Waals surface area contributed by atoms with Gasteiger partial charge in [-0.05, 0) is 19.4 Å². The molecule has 0 aromatic carbocycles. The van der Waals surface area contributed by atoms with Gasteiger partial charge in [0.1, 0.15) is 12.1 Å². The maximum absolute atomic E-state index is 11.7. The van der Waals surface area contributed by atoms with Crippen LogP contribution in [0.1, 0.15) is 26.7 Å². The van der Waals surface area contributed by atoms with E-state index in [1.165, 1.54) is 11.6 Å². The second-order valence-corrected chi connectivity index (χ2v) is 4.14. The largest absolute Gasteiger partial charge is 0.480 e. The first-order valence-corrected chi connectivity index (χ1v) is 5.50. The van der Waals surface area contributed by atoms with Crippen LogP contribution in [0.3, 0.4) is 0 Å². The van der Waals surface area contributed by atoms with Crippen molar-refractivity contribution in [3.8, 4) is 0 Å². The number of rotatable bonds is 6. The van der Waals surface area contributed by atoms with Crippen molar-refractivity contribution < 1.29 is 14.7 Å². The van der Waals surface area contributed by atoms with E-state index in [0.717, 1.165) is 0 Å². The summed E-state index contributed by atoms with van der Waals surface area (Å²) >= 11 is 0. The molecule has 0 aliphatic carbocycles. The SMILES string of the molecule is CCCC(C)(NC(=O)Cn1cccn1)C(=O)O. The molecule has 0 radical (unpaired) electrons. The fourth-order valence-electron chi connectivity index (χ4n) is 1.61. The highest BCUT2D eigenvalue weighted by Crippen LogP contribution is 2.12. The molecule has 0 aliphatic heterocycles. The molecule has 1 amide bonds. The summed E-state index contributed by atoms with van der Waals surface area (Å²) in [6.45, 7) is 3.42. The average Bonchev–Trinajstić information content (AvgIpc) is 2.70. The molecule has 1 rings (SSSR count). The fraction of sp³-hybridized carbons (Fsp3) is 0.545. The van der Waals surface area contributed by atoms with Crippen molar-refractivity contribution in [2.45, 2.75) is 38.8 Å². The number of hydrogen-bond donors (Lipinski definition) is 2. The van der Waals surface area contributed by atoms with E-state index < -0.39 is 11.5 Å². The van der Waals surface area contributed by atoms with Gasteiger partial charge in [-0.3, -0.25) is 9.48 Å². The van der Waals surface area contributed by atoms with Crippen LogP contribution >= 0.6 is 0 Å². The number of carboxylic acids is 1. The monoisotopic (exact) mass is 239 g/mol. The van der Waals surface area contributed by atoms with Crippen molar-refractivity contribution in [3.05, 3.63) is 18.5 Å². The Balaban J connectivity index is 2.61. The highest BCUT2D eigenvalue weighted by atomic mass is 16.4. The third-order valence-corrected chi connectivity index (χ3v) is 2.50. The van der Waals surface area contributed by atoms with Gasteiger partial charge in [0.25, 0.3) is 0 Å². The van der Waals surface area contributed by atoms with Crippen molar-refractivity contribution in [1.82, 2.24) is 15.1 Å². The molecule has 1 atom stereocenters. The topological polar surface area (TPSA) is 84.2 Å². The van der Waals surface area contributed by atoms with E-state index in [-0.39, 0.29) is 12.5 Å². The summed E-state index contributed by atoms with van der Waals surface area (Å²) < 4.78 is 1.45. The van der Waals surface area contributed by atoms with Gasteiger partial charge in [0.15, 0.2) is 0 Å². The predicted molar refractivity (Wildman–Crippen MR) is 61.3 cm³/mol. The number of hydrogen-bond acceptors (Lipinski definition) is 3. The number of carbonyl (C=O) groups excluding carboxylic acids is 1. The molecule has 2 N–H and O–H groups in total. The minimum absolute atomic E-state index is 0.0274. The first kappa shape index (κ1) is 13.2. The van der Waals surface area contributed by atoms with E-state index in [0.29, 0.717) is 12.8 Å². The predicted octanol–water partition coefficient (Wildman–Crippen LogP) is 0.643. The zero-order valence-corrected chi connectivity index (χ0v) is 10.0. The van der Waals surface area contributed by atoms with Crippen molar-refractivity contribution >= 4 is 11.9 Å². The second kappa shape index (κ2) is 5.47. The molecule has 6 heteroatoms. The summed E-state index contributed by atoms with van der Waals surface area (Å²) in [5, 5.41) is 15.5. The van der Waals surface area contributed by atoms with Crippen molar-refractivity contribution in [2.24, 2.45) is 0 Å². The van der Waals surface area contributed by atoms with Crippen LogP contribution < -0.4 is 5.32 Å². The Hall–Kier alpha value is -1.85. The number of nitrogens with one attached hydrogen (secondary N) is 1. The van der Waals surface area contributed by atoms with E-state index in [1.54, 1.807) is 18.5 Å². The maximum atomic E-state index is 11.7. The molecule has 0 aliphatic rings. The van der Waals surface area contributed by atoms with Crippen LogP contribution in [0, 0.1) is 0 Å². The minimum Gasteiger partial charge on any atom is -0.480 e. The summed E-state index contributed by atoms with van der Waals surface area (Å²) in [6.07, 6.45) is 4.30. The zero-order chi connectivity index (χ0) is 12.9. The lowest BCUT2D eigenvalue weighted by Gasteiger charge is -2.25. The zero-order valence-electron chi connectivity index (χ0n) is 10.0. The highest BCUT2D eigenvalue weighted by molar-refractivity contribution is 5.86. The van der Waals surface area contributed by atoms with Crippen LogP contribution in [-0.2, 0) is 16.1 Å². The summed E-state index contributed by atoms with van der Waals surface area (Å²) in [4.78, 5) is 22.8. The number of amides is 1. The molecule has 1 aromatic rings. The summed E-state index contributed by atoms with van der Waals surface area (Å²) in [5.74, 6) is -1.37. The highest BCUT2D eigenvalue weighted by Gasteiger charge is 2.33. The first-order chi connectivity index (χ1) is 7.98. The van der Waals surface area contributed by atoms with Gasteiger partial charge in [-0.2, -0.15) is 5.10 Å². The van der Waals surface area contributed by atoms with Gasteiger partial charge in [0.05, 0.1) is 0 Å². The smallest absolute Gasteiger partial charge is 0.329 e. The Kier molecular flexibility index (Phi) is 4.25. The Labute approximate surface area is 99.6 Å². The first-order valence-electron chi connectivity index (χ1n) is 5.50. The molecule has 1 aromatic heterocycles. The van der Waals surface area contributed by atoms with Gasteiger partial charge in [0.2, 0.25) is 5.91 Å². The van der Waals surface area contributed by atoms with Gasteiger partial charge in [-0.1, -0.05) is 13.3 Å². The Morgan fingerprint density at radius 3 is 2.71 bits per heavy atom. The molecular formula is C11H17N3O3. The van der Waals surface area contributed by atoms with Crippen LogP contribution in [0.2, 0.25) is 0 Å². The molecule has 0 fully saturated rings. The minimum atomic E-state index is -1.21. The van der Waals surface area contributed by atoms with Crippen LogP contribution in [0.5, 0.6) is 0 Å². The molecule has 0 bridgehead atoms. The molecule has 17 heavy (non-hydrogen) atoms. The molecule has 1 unspecified atom stereocenters. The van der Waals surface area contributed by atoms with E-state index in [2.05, 4.69) is 10.4 Å². The fourth-order valence-corrected chi connectivity index (χ4v) is 1.61. The second-order valence-electron chi connectivity index (χ2n) is 4.14.